The Hall–Kier alpha value is -2.17. The molecule has 2 rings (SSSR count). The normalized spacial score (nSPS) is 10.2. The largest absolute Gasteiger partial charge is 0.394 e. The highest BCUT2D eigenvalue weighted by Gasteiger charge is 2.02. The van der Waals surface area contributed by atoms with Crippen molar-refractivity contribution in [2.45, 2.75) is 0 Å². The Morgan fingerprint density at radius 1 is 1.27 bits per heavy atom. The summed E-state index contributed by atoms with van der Waals surface area (Å²) in [6, 6.07) is 7.22. The number of aromatic amines is 1. The van der Waals surface area contributed by atoms with Crippen LogP contribution < -0.4 is 11.3 Å². The summed E-state index contributed by atoms with van der Waals surface area (Å²) in [6.07, 6.45) is 0. The molecular formula is C10H8FN3O. The molecule has 0 aliphatic carbocycles. The number of aromatic nitrogens is 2. The summed E-state index contributed by atoms with van der Waals surface area (Å²) in [5, 5.41) is 6.06. The summed E-state index contributed by atoms with van der Waals surface area (Å²) < 4.78 is 12.6. The molecule has 0 radical (unpaired) electrons. The molecule has 0 amide bonds. The highest BCUT2D eigenvalue weighted by atomic mass is 19.1. The minimum Gasteiger partial charge on any atom is -0.394 e. The minimum atomic E-state index is -0.430. The number of rotatable bonds is 1. The first kappa shape index (κ1) is 9.39. The molecule has 0 saturated carbocycles. The summed E-state index contributed by atoms with van der Waals surface area (Å²) in [5.74, 6) is -0.323. The van der Waals surface area contributed by atoms with E-state index in [0.717, 1.165) is 0 Å². The van der Waals surface area contributed by atoms with Gasteiger partial charge in [0.05, 0.1) is 5.69 Å². The van der Waals surface area contributed by atoms with E-state index in [-0.39, 0.29) is 11.5 Å². The summed E-state index contributed by atoms with van der Waals surface area (Å²) >= 11 is 0. The third kappa shape index (κ3) is 1.85. The molecular weight excluding hydrogens is 197 g/mol. The molecule has 5 heteroatoms. The van der Waals surface area contributed by atoms with Gasteiger partial charge in [0.25, 0.3) is 5.56 Å². The highest BCUT2D eigenvalue weighted by molar-refractivity contribution is 5.61. The molecule has 1 aromatic carbocycles. The van der Waals surface area contributed by atoms with Crippen molar-refractivity contribution in [2.24, 2.45) is 0 Å². The maximum Gasteiger partial charge on any atom is 0.287 e. The first-order valence-electron chi connectivity index (χ1n) is 4.28. The lowest BCUT2D eigenvalue weighted by molar-refractivity contribution is 0.628. The van der Waals surface area contributed by atoms with Crippen molar-refractivity contribution in [3.63, 3.8) is 0 Å². The molecule has 0 fully saturated rings. The van der Waals surface area contributed by atoms with Crippen molar-refractivity contribution >= 4 is 5.69 Å². The van der Waals surface area contributed by atoms with Crippen LogP contribution in [0.15, 0.2) is 35.1 Å². The fourth-order valence-corrected chi connectivity index (χ4v) is 1.19. The molecule has 0 saturated heterocycles. The Labute approximate surface area is 84.6 Å². The van der Waals surface area contributed by atoms with Crippen LogP contribution in [0.1, 0.15) is 0 Å². The van der Waals surface area contributed by atoms with E-state index in [9.17, 15) is 9.18 Å². The SMILES string of the molecule is Nc1cc(-c2ccc(F)cc2)n[nH]c1=O. The molecule has 3 N–H and O–H groups in total. The molecule has 0 aliphatic heterocycles. The Balaban J connectivity index is 2.50. The lowest BCUT2D eigenvalue weighted by Gasteiger charge is -2.00. The highest BCUT2D eigenvalue weighted by Crippen LogP contribution is 2.16. The Bertz CT molecular complexity index is 533. The molecule has 15 heavy (non-hydrogen) atoms. The van der Waals surface area contributed by atoms with Crippen molar-refractivity contribution in [2.75, 3.05) is 5.73 Å². The summed E-state index contributed by atoms with van der Waals surface area (Å²) in [4.78, 5) is 11.0. The molecule has 0 aliphatic rings. The van der Waals surface area contributed by atoms with Crippen LogP contribution in [0.5, 0.6) is 0 Å². The predicted molar refractivity (Wildman–Crippen MR) is 54.7 cm³/mol. The molecule has 76 valence electrons. The van der Waals surface area contributed by atoms with Gasteiger partial charge in [0.15, 0.2) is 0 Å². The molecule has 0 spiro atoms. The fraction of sp³-hybridized carbons (Fsp3) is 0. The molecule has 0 unspecified atom stereocenters. The van der Waals surface area contributed by atoms with Gasteiger partial charge < -0.3 is 5.73 Å². The lowest BCUT2D eigenvalue weighted by Crippen LogP contribution is -2.13. The number of benzene rings is 1. The number of nitrogens with two attached hydrogens (primary N) is 1. The second kappa shape index (κ2) is 3.53. The summed E-state index contributed by atoms with van der Waals surface area (Å²) in [7, 11) is 0. The monoisotopic (exact) mass is 205 g/mol. The molecule has 0 atom stereocenters. The van der Waals surface area contributed by atoms with Gasteiger partial charge >= 0.3 is 0 Å². The van der Waals surface area contributed by atoms with Gasteiger partial charge in [-0.3, -0.25) is 4.79 Å². The molecule has 1 heterocycles. The topological polar surface area (TPSA) is 71.8 Å². The van der Waals surface area contributed by atoms with Crippen molar-refractivity contribution in [3.8, 4) is 11.3 Å². The predicted octanol–water partition coefficient (Wildman–Crippen LogP) is 1.16. The number of anilines is 1. The van der Waals surface area contributed by atoms with E-state index in [0.29, 0.717) is 11.3 Å². The van der Waals surface area contributed by atoms with Gasteiger partial charge in [0, 0.05) is 5.56 Å². The maximum absolute atomic E-state index is 12.6. The summed E-state index contributed by atoms with van der Waals surface area (Å²) in [6.45, 7) is 0. The average molecular weight is 205 g/mol. The average Bonchev–Trinajstić information content (AvgIpc) is 2.23. The van der Waals surface area contributed by atoms with Crippen LogP contribution in [-0.4, -0.2) is 10.2 Å². The Kier molecular flexibility index (Phi) is 2.21. The summed E-state index contributed by atoms with van der Waals surface area (Å²) in [5.41, 5.74) is 6.29. The quantitative estimate of drug-likeness (QED) is 0.733. The number of nitrogens with one attached hydrogen (secondary N) is 1. The van der Waals surface area contributed by atoms with Crippen molar-refractivity contribution in [3.05, 3.63) is 46.5 Å². The second-order valence-electron chi connectivity index (χ2n) is 3.04. The number of hydrogen-bond acceptors (Lipinski definition) is 3. The van der Waals surface area contributed by atoms with Gasteiger partial charge in [0.1, 0.15) is 11.5 Å². The van der Waals surface area contributed by atoms with E-state index in [1.165, 1.54) is 18.2 Å². The third-order valence-electron chi connectivity index (χ3n) is 1.97. The number of nitrogens with zero attached hydrogens (tertiary/aromatic N) is 1. The van der Waals surface area contributed by atoms with Crippen LogP contribution in [0.25, 0.3) is 11.3 Å². The van der Waals surface area contributed by atoms with Crippen LogP contribution >= 0.6 is 0 Å². The number of halogens is 1. The van der Waals surface area contributed by atoms with E-state index in [1.807, 2.05) is 0 Å². The van der Waals surface area contributed by atoms with Gasteiger partial charge in [-0.2, -0.15) is 5.10 Å². The van der Waals surface area contributed by atoms with Crippen molar-refractivity contribution in [1.82, 2.24) is 10.2 Å². The van der Waals surface area contributed by atoms with Crippen LogP contribution in [0.2, 0.25) is 0 Å². The number of hydrogen-bond donors (Lipinski definition) is 2. The number of nitrogen functional groups attached to an aromatic ring is 1. The van der Waals surface area contributed by atoms with Crippen LogP contribution in [-0.2, 0) is 0 Å². The van der Waals surface area contributed by atoms with Crippen molar-refractivity contribution < 1.29 is 4.39 Å². The molecule has 4 nitrogen and oxygen atoms in total. The van der Waals surface area contributed by atoms with E-state index < -0.39 is 5.56 Å². The van der Waals surface area contributed by atoms with E-state index in [4.69, 9.17) is 5.73 Å². The van der Waals surface area contributed by atoms with E-state index in [2.05, 4.69) is 10.2 Å². The fourth-order valence-electron chi connectivity index (χ4n) is 1.19. The van der Waals surface area contributed by atoms with Crippen LogP contribution in [0, 0.1) is 5.82 Å². The zero-order valence-corrected chi connectivity index (χ0v) is 7.70. The Morgan fingerprint density at radius 2 is 1.93 bits per heavy atom. The van der Waals surface area contributed by atoms with Crippen LogP contribution in [0.4, 0.5) is 10.1 Å². The zero-order valence-electron chi connectivity index (χ0n) is 7.70. The Morgan fingerprint density at radius 3 is 2.53 bits per heavy atom. The van der Waals surface area contributed by atoms with Gasteiger partial charge in [-0.1, -0.05) is 0 Å². The molecule has 1 aromatic heterocycles. The standard InChI is InChI=1S/C10H8FN3O/c11-7-3-1-6(2-4-7)9-5-8(12)10(15)14-13-9/h1-5H,(H2,12,13)(H,14,15). The minimum absolute atomic E-state index is 0.0873. The van der Waals surface area contributed by atoms with Gasteiger partial charge in [-0.05, 0) is 30.3 Å². The van der Waals surface area contributed by atoms with Gasteiger partial charge in [0.2, 0.25) is 0 Å². The smallest absolute Gasteiger partial charge is 0.287 e. The first-order chi connectivity index (χ1) is 7.16. The zero-order chi connectivity index (χ0) is 10.8. The number of H-pyrrole nitrogens is 1. The van der Waals surface area contributed by atoms with Crippen molar-refractivity contribution in [1.29, 1.82) is 0 Å². The molecule has 0 bridgehead atoms. The van der Waals surface area contributed by atoms with Gasteiger partial charge in [-0.15, -0.1) is 0 Å². The van der Waals surface area contributed by atoms with Gasteiger partial charge in [-0.25, -0.2) is 9.49 Å². The third-order valence-corrected chi connectivity index (χ3v) is 1.97. The second-order valence-corrected chi connectivity index (χ2v) is 3.04. The molecule has 2 aromatic rings. The maximum atomic E-state index is 12.6. The first-order valence-corrected chi connectivity index (χ1v) is 4.28. The van der Waals surface area contributed by atoms with E-state index in [1.54, 1.807) is 12.1 Å². The van der Waals surface area contributed by atoms with Crippen LogP contribution in [0.3, 0.4) is 0 Å². The lowest BCUT2D eigenvalue weighted by atomic mass is 10.1. The van der Waals surface area contributed by atoms with E-state index >= 15 is 0 Å².